The van der Waals surface area contributed by atoms with Gasteiger partial charge < -0.3 is 4.74 Å². The lowest BCUT2D eigenvalue weighted by molar-refractivity contribution is 0.0936. The summed E-state index contributed by atoms with van der Waals surface area (Å²) in [5.41, 5.74) is 5.59. The third-order valence-corrected chi connectivity index (χ3v) is 6.05. The first-order chi connectivity index (χ1) is 14.2. The highest BCUT2D eigenvalue weighted by molar-refractivity contribution is 5.90. The fourth-order valence-electron chi connectivity index (χ4n) is 4.37. The summed E-state index contributed by atoms with van der Waals surface area (Å²) in [5, 5.41) is 5.80. The lowest BCUT2D eigenvalue weighted by atomic mass is 9.86. The van der Waals surface area contributed by atoms with Crippen LogP contribution in [-0.2, 0) is 4.74 Å². The smallest absolute Gasteiger partial charge is 0.158 e. The van der Waals surface area contributed by atoms with Gasteiger partial charge in [0.15, 0.2) is 5.82 Å². The van der Waals surface area contributed by atoms with Crippen molar-refractivity contribution in [2.45, 2.75) is 32.4 Å². The van der Waals surface area contributed by atoms with Crippen LogP contribution in [0.25, 0.3) is 22.0 Å². The van der Waals surface area contributed by atoms with E-state index in [0.717, 1.165) is 34.3 Å². The number of methoxy groups -OCH3 is 1. The van der Waals surface area contributed by atoms with Crippen molar-refractivity contribution in [3.63, 3.8) is 0 Å². The van der Waals surface area contributed by atoms with Crippen LogP contribution in [0.15, 0.2) is 71.0 Å². The maximum absolute atomic E-state index is 5.54. The zero-order valence-corrected chi connectivity index (χ0v) is 16.9. The molecule has 3 unspecified atom stereocenters. The third kappa shape index (κ3) is 3.02. The monoisotopic (exact) mass is 384 g/mol. The van der Waals surface area contributed by atoms with Gasteiger partial charge in [-0.15, -0.1) is 0 Å². The summed E-state index contributed by atoms with van der Waals surface area (Å²) >= 11 is 0. The number of pyridine rings is 1. The van der Waals surface area contributed by atoms with Gasteiger partial charge in [0.1, 0.15) is 0 Å². The molecule has 0 bridgehead atoms. The molecule has 146 valence electrons. The lowest BCUT2D eigenvalue weighted by Crippen LogP contribution is -2.23. The van der Waals surface area contributed by atoms with E-state index in [-0.39, 0.29) is 12.1 Å². The normalized spacial score (nSPS) is 26.1. The number of aromatic nitrogens is 3. The molecule has 3 heterocycles. The summed E-state index contributed by atoms with van der Waals surface area (Å²) < 4.78 is 7.56. The molecule has 3 atom stereocenters. The van der Waals surface area contributed by atoms with Crippen molar-refractivity contribution in [2.75, 3.05) is 7.11 Å². The second-order valence-electron chi connectivity index (χ2n) is 7.90. The van der Waals surface area contributed by atoms with Crippen LogP contribution in [0.4, 0.5) is 5.82 Å². The maximum atomic E-state index is 5.54. The largest absolute Gasteiger partial charge is 0.377 e. The molecule has 0 N–H and O–H groups in total. The molecule has 0 radical (unpaired) electrons. The van der Waals surface area contributed by atoms with Gasteiger partial charge in [-0.3, -0.25) is 4.98 Å². The molecule has 0 spiro atoms. The predicted octanol–water partition coefficient (Wildman–Crippen LogP) is 5.28. The highest BCUT2D eigenvalue weighted by Gasteiger charge is 2.27. The molecule has 29 heavy (non-hydrogen) atoms. The highest BCUT2D eigenvalue weighted by Crippen LogP contribution is 2.39. The molecule has 1 aliphatic heterocycles. The van der Waals surface area contributed by atoms with E-state index < -0.39 is 0 Å². The van der Waals surface area contributed by atoms with E-state index in [0.29, 0.717) is 5.92 Å². The fourth-order valence-corrected chi connectivity index (χ4v) is 4.37. The van der Waals surface area contributed by atoms with Crippen molar-refractivity contribution in [1.29, 1.82) is 0 Å². The third-order valence-electron chi connectivity index (χ3n) is 6.05. The fraction of sp³-hybridized carbons (Fsp3) is 0.292. The number of hydrogen-bond donors (Lipinski definition) is 0. The summed E-state index contributed by atoms with van der Waals surface area (Å²) in [6.45, 7) is 4.42. The zero-order valence-electron chi connectivity index (χ0n) is 16.9. The molecule has 1 aromatic carbocycles. The van der Waals surface area contributed by atoms with Crippen LogP contribution in [0.2, 0.25) is 0 Å². The van der Waals surface area contributed by atoms with Crippen LogP contribution < -0.4 is 0 Å². The average molecular weight is 384 g/mol. The lowest BCUT2D eigenvalue weighted by Gasteiger charge is -2.28. The number of para-hydroxylation sites is 1. The number of aliphatic imine (C=N–C) groups is 1. The second-order valence-corrected chi connectivity index (χ2v) is 7.90. The van der Waals surface area contributed by atoms with Gasteiger partial charge in [0.25, 0.3) is 0 Å². The van der Waals surface area contributed by atoms with E-state index in [1.165, 1.54) is 11.1 Å². The number of benzene rings is 1. The number of rotatable bonds is 2. The van der Waals surface area contributed by atoms with Crippen LogP contribution in [0, 0.1) is 5.92 Å². The molecule has 0 saturated heterocycles. The van der Waals surface area contributed by atoms with Crippen LogP contribution in [-0.4, -0.2) is 34.2 Å². The maximum Gasteiger partial charge on any atom is 0.158 e. The molecular weight excluding hydrogens is 360 g/mol. The van der Waals surface area contributed by atoms with Gasteiger partial charge in [-0.25, -0.2) is 9.67 Å². The molecule has 5 nitrogen and oxygen atoms in total. The molecule has 0 saturated carbocycles. The number of hydrogen-bond acceptors (Lipinski definition) is 4. The van der Waals surface area contributed by atoms with Gasteiger partial charge in [-0.1, -0.05) is 37.3 Å². The minimum atomic E-state index is 0.135. The Morgan fingerprint density at radius 3 is 2.83 bits per heavy atom. The van der Waals surface area contributed by atoms with Gasteiger partial charge in [-0.05, 0) is 42.5 Å². The molecular formula is C24H24N4O. The molecule has 5 heteroatoms. The van der Waals surface area contributed by atoms with E-state index in [4.69, 9.17) is 9.73 Å². The van der Waals surface area contributed by atoms with Gasteiger partial charge in [0, 0.05) is 36.0 Å². The Labute approximate surface area is 170 Å². The van der Waals surface area contributed by atoms with E-state index in [2.05, 4.69) is 48.2 Å². The molecule has 0 amide bonds. The molecule has 0 fully saturated rings. The molecule has 3 aromatic rings. The number of ether oxygens (including phenoxy) is 1. The van der Waals surface area contributed by atoms with Gasteiger partial charge in [0.05, 0.1) is 23.9 Å². The highest BCUT2D eigenvalue weighted by atomic mass is 16.5. The van der Waals surface area contributed by atoms with Gasteiger partial charge >= 0.3 is 0 Å². The summed E-state index contributed by atoms with van der Waals surface area (Å²) in [6, 6.07) is 10.4. The summed E-state index contributed by atoms with van der Waals surface area (Å²) in [5.74, 6) is 1.34. The van der Waals surface area contributed by atoms with Crippen molar-refractivity contribution < 1.29 is 4.74 Å². The first-order valence-corrected chi connectivity index (χ1v) is 10.1. The summed E-state index contributed by atoms with van der Waals surface area (Å²) in [6.07, 6.45) is 11.3. The predicted molar refractivity (Wildman–Crippen MR) is 117 cm³/mol. The second kappa shape index (κ2) is 7.08. The van der Waals surface area contributed by atoms with Crippen LogP contribution in [0.5, 0.6) is 0 Å². The van der Waals surface area contributed by atoms with Crippen molar-refractivity contribution in [1.82, 2.24) is 14.8 Å². The van der Waals surface area contributed by atoms with Crippen LogP contribution in [0.3, 0.4) is 0 Å². The minimum absolute atomic E-state index is 0.135. The van der Waals surface area contributed by atoms with Crippen LogP contribution in [0.1, 0.15) is 26.3 Å². The molecule has 2 aliphatic rings. The summed E-state index contributed by atoms with van der Waals surface area (Å²) in [4.78, 5) is 9.40. The van der Waals surface area contributed by atoms with E-state index in [1.54, 1.807) is 7.11 Å². The number of fused-ring (bicyclic) bond motifs is 2. The Bertz CT molecular complexity index is 1170. The van der Waals surface area contributed by atoms with Crippen LogP contribution >= 0.6 is 0 Å². The zero-order chi connectivity index (χ0) is 20.0. The van der Waals surface area contributed by atoms with E-state index >= 15 is 0 Å². The Balaban J connectivity index is 1.54. The van der Waals surface area contributed by atoms with E-state index in [1.807, 2.05) is 41.5 Å². The molecule has 2 aromatic heterocycles. The Kier molecular flexibility index (Phi) is 4.40. The Morgan fingerprint density at radius 1 is 1.14 bits per heavy atom. The molecule has 5 rings (SSSR count). The van der Waals surface area contributed by atoms with Gasteiger partial charge in [-0.2, -0.15) is 5.10 Å². The Hall–Kier alpha value is -3.05. The average Bonchev–Trinajstić information content (AvgIpc) is 3.19. The molecule has 1 aliphatic carbocycles. The first kappa shape index (κ1) is 18.0. The first-order valence-electron chi connectivity index (χ1n) is 10.1. The SMILES string of the molecule is COC1C=C/C(=C2\C=Nc3c(-c4cnc5ccccc5c4)cnn3C2C)CC1C. The van der Waals surface area contributed by atoms with Gasteiger partial charge in [0.2, 0.25) is 0 Å². The summed E-state index contributed by atoms with van der Waals surface area (Å²) in [7, 11) is 1.77. The number of nitrogens with zero attached hydrogens (tertiary/aromatic N) is 4. The van der Waals surface area contributed by atoms with Crippen molar-refractivity contribution in [3.05, 3.63) is 66.0 Å². The van der Waals surface area contributed by atoms with E-state index in [9.17, 15) is 0 Å². The topological polar surface area (TPSA) is 52.3 Å². The van der Waals surface area contributed by atoms with Crippen molar-refractivity contribution in [3.8, 4) is 11.1 Å². The minimum Gasteiger partial charge on any atom is -0.377 e. The number of allylic oxidation sites excluding steroid dienone is 3. The Morgan fingerprint density at radius 2 is 2.00 bits per heavy atom. The quantitative estimate of drug-likeness (QED) is 0.604. The van der Waals surface area contributed by atoms with Crippen molar-refractivity contribution >= 4 is 22.9 Å². The standard InChI is InChI=1S/C24H24N4O/c1-15-10-17(8-9-23(15)29-3)20-13-26-24-21(14-27-28(24)16(20)2)19-11-18-6-4-5-7-22(18)25-12-19/h4-9,11-16,23H,10H2,1-3H3/b20-17-. The van der Waals surface area contributed by atoms with Crippen molar-refractivity contribution in [2.24, 2.45) is 10.9 Å².